The fourth-order valence-corrected chi connectivity index (χ4v) is 2.51. The van der Waals surface area contributed by atoms with Crippen molar-refractivity contribution in [3.63, 3.8) is 0 Å². The SMILES string of the molecule is CC[C@@H]1CCCCN1C(=O)COc1ccc(F)cc1. The van der Waals surface area contributed by atoms with Crippen molar-refractivity contribution in [1.82, 2.24) is 4.90 Å². The molecule has 1 aliphatic heterocycles. The summed E-state index contributed by atoms with van der Waals surface area (Å²) < 4.78 is 18.2. The Bertz CT molecular complexity index is 419. The number of carbonyl (C=O) groups excluding carboxylic acids is 1. The summed E-state index contributed by atoms with van der Waals surface area (Å²) in [5, 5.41) is 0. The summed E-state index contributed by atoms with van der Waals surface area (Å²) in [4.78, 5) is 14.1. The van der Waals surface area contributed by atoms with Gasteiger partial charge in [0.15, 0.2) is 6.61 Å². The minimum atomic E-state index is -0.305. The van der Waals surface area contributed by atoms with Gasteiger partial charge in [0.25, 0.3) is 5.91 Å². The van der Waals surface area contributed by atoms with Gasteiger partial charge in [0.2, 0.25) is 0 Å². The number of hydrogen-bond donors (Lipinski definition) is 0. The van der Waals surface area contributed by atoms with Crippen molar-refractivity contribution in [1.29, 1.82) is 0 Å². The third kappa shape index (κ3) is 3.69. The van der Waals surface area contributed by atoms with Crippen LogP contribution in [0.15, 0.2) is 24.3 Å². The summed E-state index contributed by atoms with van der Waals surface area (Å²) in [6.45, 7) is 2.96. The maximum atomic E-state index is 12.7. The Labute approximate surface area is 113 Å². The molecular formula is C15H20FNO2. The highest BCUT2D eigenvalue weighted by Crippen LogP contribution is 2.20. The van der Waals surface area contributed by atoms with Crippen LogP contribution in [0.25, 0.3) is 0 Å². The molecule has 0 aliphatic carbocycles. The highest BCUT2D eigenvalue weighted by Gasteiger charge is 2.25. The third-order valence-electron chi connectivity index (χ3n) is 3.59. The van der Waals surface area contributed by atoms with Gasteiger partial charge in [-0.25, -0.2) is 4.39 Å². The molecule has 1 aromatic rings. The average molecular weight is 265 g/mol. The molecule has 1 aliphatic rings. The van der Waals surface area contributed by atoms with Gasteiger partial charge in [-0.05, 0) is 49.9 Å². The van der Waals surface area contributed by atoms with Crippen LogP contribution in [0.1, 0.15) is 32.6 Å². The van der Waals surface area contributed by atoms with E-state index in [9.17, 15) is 9.18 Å². The number of ether oxygens (including phenoxy) is 1. The van der Waals surface area contributed by atoms with Crippen LogP contribution in [0.2, 0.25) is 0 Å². The molecule has 2 rings (SSSR count). The van der Waals surface area contributed by atoms with Crippen LogP contribution < -0.4 is 4.74 Å². The lowest BCUT2D eigenvalue weighted by molar-refractivity contribution is -0.137. The molecule has 0 saturated carbocycles. The first-order valence-corrected chi connectivity index (χ1v) is 6.88. The maximum absolute atomic E-state index is 12.7. The van der Waals surface area contributed by atoms with Crippen LogP contribution in [-0.2, 0) is 4.79 Å². The molecule has 4 heteroatoms. The lowest BCUT2D eigenvalue weighted by atomic mass is 10.00. The number of halogens is 1. The fourth-order valence-electron chi connectivity index (χ4n) is 2.51. The number of nitrogens with zero attached hydrogens (tertiary/aromatic N) is 1. The second kappa shape index (κ2) is 6.55. The molecule has 0 bridgehead atoms. The van der Waals surface area contributed by atoms with Crippen LogP contribution in [0.5, 0.6) is 5.75 Å². The smallest absolute Gasteiger partial charge is 0.260 e. The van der Waals surface area contributed by atoms with Crippen molar-refractivity contribution < 1.29 is 13.9 Å². The third-order valence-corrected chi connectivity index (χ3v) is 3.59. The Morgan fingerprint density at radius 2 is 2.11 bits per heavy atom. The Kier molecular flexibility index (Phi) is 4.77. The molecule has 0 N–H and O–H groups in total. The minimum absolute atomic E-state index is 0.0240. The van der Waals surface area contributed by atoms with Crippen molar-refractivity contribution >= 4 is 5.91 Å². The number of likely N-dealkylation sites (tertiary alicyclic amines) is 1. The molecular weight excluding hydrogens is 245 g/mol. The van der Waals surface area contributed by atoms with Gasteiger partial charge in [0, 0.05) is 12.6 Å². The molecule has 3 nitrogen and oxygen atoms in total. The van der Waals surface area contributed by atoms with E-state index in [1.54, 1.807) is 0 Å². The lowest BCUT2D eigenvalue weighted by Gasteiger charge is -2.35. The molecule has 19 heavy (non-hydrogen) atoms. The minimum Gasteiger partial charge on any atom is -0.484 e. The summed E-state index contributed by atoms with van der Waals surface area (Å²) in [6, 6.07) is 6.08. The zero-order valence-electron chi connectivity index (χ0n) is 11.3. The fraction of sp³-hybridized carbons (Fsp3) is 0.533. The average Bonchev–Trinajstić information content (AvgIpc) is 2.46. The van der Waals surface area contributed by atoms with E-state index in [-0.39, 0.29) is 18.3 Å². The van der Waals surface area contributed by atoms with Gasteiger partial charge in [-0.3, -0.25) is 4.79 Å². The summed E-state index contributed by atoms with van der Waals surface area (Å²) in [7, 11) is 0. The Balaban J connectivity index is 1.87. The van der Waals surface area contributed by atoms with Gasteiger partial charge in [-0.2, -0.15) is 0 Å². The monoisotopic (exact) mass is 265 g/mol. The van der Waals surface area contributed by atoms with Gasteiger partial charge in [-0.15, -0.1) is 0 Å². The van der Waals surface area contributed by atoms with E-state index in [2.05, 4.69) is 6.92 Å². The normalized spacial score (nSPS) is 19.3. The van der Waals surface area contributed by atoms with Gasteiger partial charge in [0.1, 0.15) is 11.6 Å². The van der Waals surface area contributed by atoms with Crippen molar-refractivity contribution in [2.24, 2.45) is 0 Å². The van der Waals surface area contributed by atoms with E-state index in [1.165, 1.54) is 30.7 Å². The molecule has 0 spiro atoms. The van der Waals surface area contributed by atoms with E-state index in [4.69, 9.17) is 4.74 Å². The zero-order valence-corrected chi connectivity index (χ0v) is 11.3. The highest BCUT2D eigenvalue weighted by atomic mass is 19.1. The Morgan fingerprint density at radius 3 is 2.79 bits per heavy atom. The van der Waals surface area contributed by atoms with E-state index in [0.29, 0.717) is 11.8 Å². The molecule has 0 radical (unpaired) electrons. The predicted molar refractivity (Wildman–Crippen MR) is 71.5 cm³/mol. The molecule has 104 valence electrons. The van der Waals surface area contributed by atoms with Crippen LogP contribution in [0.3, 0.4) is 0 Å². The molecule has 0 aromatic heterocycles. The van der Waals surface area contributed by atoms with Gasteiger partial charge in [0.05, 0.1) is 0 Å². The summed E-state index contributed by atoms with van der Waals surface area (Å²) in [5.74, 6) is 0.247. The van der Waals surface area contributed by atoms with Crippen LogP contribution in [0, 0.1) is 5.82 Å². The number of hydrogen-bond acceptors (Lipinski definition) is 2. The first-order valence-electron chi connectivity index (χ1n) is 6.88. The first-order chi connectivity index (χ1) is 9.20. The Hall–Kier alpha value is -1.58. The summed E-state index contributed by atoms with van der Waals surface area (Å²) >= 11 is 0. The van der Waals surface area contributed by atoms with Gasteiger partial charge >= 0.3 is 0 Å². The van der Waals surface area contributed by atoms with Crippen LogP contribution in [-0.4, -0.2) is 30.0 Å². The first kappa shape index (κ1) is 13.8. The predicted octanol–water partition coefficient (Wildman–Crippen LogP) is 3.00. The van der Waals surface area contributed by atoms with E-state index < -0.39 is 0 Å². The number of carbonyl (C=O) groups is 1. The molecule has 1 fully saturated rings. The number of rotatable bonds is 4. The van der Waals surface area contributed by atoms with Crippen molar-refractivity contribution in [2.45, 2.75) is 38.6 Å². The second-order valence-corrected chi connectivity index (χ2v) is 4.89. The topological polar surface area (TPSA) is 29.5 Å². The number of benzene rings is 1. The second-order valence-electron chi connectivity index (χ2n) is 4.89. The zero-order chi connectivity index (χ0) is 13.7. The molecule has 1 amide bonds. The van der Waals surface area contributed by atoms with Crippen molar-refractivity contribution in [3.05, 3.63) is 30.1 Å². The molecule has 1 heterocycles. The van der Waals surface area contributed by atoms with Gasteiger partial charge in [-0.1, -0.05) is 6.92 Å². The van der Waals surface area contributed by atoms with Crippen LogP contribution in [0.4, 0.5) is 4.39 Å². The highest BCUT2D eigenvalue weighted by molar-refractivity contribution is 5.78. The largest absolute Gasteiger partial charge is 0.484 e. The number of piperidine rings is 1. The summed E-state index contributed by atoms with van der Waals surface area (Å²) in [6.07, 6.45) is 4.33. The molecule has 1 atom stereocenters. The van der Waals surface area contributed by atoms with Crippen molar-refractivity contribution in [2.75, 3.05) is 13.2 Å². The molecule has 0 unspecified atom stereocenters. The Morgan fingerprint density at radius 1 is 1.37 bits per heavy atom. The van der Waals surface area contributed by atoms with Gasteiger partial charge < -0.3 is 9.64 Å². The maximum Gasteiger partial charge on any atom is 0.260 e. The van der Waals surface area contributed by atoms with Crippen LogP contribution >= 0.6 is 0 Å². The summed E-state index contributed by atoms with van der Waals surface area (Å²) in [5.41, 5.74) is 0. The van der Waals surface area contributed by atoms with E-state index in [1.807, 2.05) is 4.90 Å². The standard InChI is InChI=1S/C15H20FNO2/c1-2-13-5-3-4-10-17(13)15(18)11-19-14-8-6-12(16)7-9-14/h6-9,13H,2-5,10-11H2,1H3/t13-/m1/s1. The quantitative estimate of drug-likeness (QED) is 0.837. The number of amides is 1. The van der Waals surface area contributed by atoms with Crippen molar-refractivity contribution in [3.8, 4) is 5.75 Å². The van der Waals surface area contributed by atoms with E-state index >= 15 is 0 Å². The molecule has 1 saturated heterocycles. The van der Waals surface area contributed by atoms with E-state index in [0.717, 1.165) is 25.8 Å². The lowest BCUT2D eigenvalue weighted by Crippen LogP contribution is -2.45. The molecule has 1 aromatic carbocycles.